The number of pyridine rings is 2. The van der Waals surface area contributed by atoms with Crippen LogP contribution in [0.1, 0.15) is 70.3 Å². The summed E-state index contributed by atoms with van der Waals surface area (Å²) in [5.41, 5.74) is 10.6. The first-order valence-electron chi connectivity index (χ1n) is 9.93. The summed E-state index contributed by atoms with van der Waals surface area (Å²) in [6, 6.07) is 6.17. The maximum absolute atomic E-state index is 6.19. The van der Waals surface area contributed by atoms with Gasteiger partial charge >= 0.3 is 0 Å². The number of ether oxygens (including phenoxy) is 2. The molecule has 0 radical (unpaired) electrons. The summed E-state index contributed by atoms with van der Waals surface area (Å²) in [4.78, 5) is 9.54. The molecule has 0 aromatic carbocycles. The fraction of sp³-hybridized carbons (Fsp3) is 0.545. The van der Waals surface area contributed by atoms with Crippen LogP contribution in [-0.4, -0.2) is 23.2 Å². The van der Waals surface area contributed by atoms with Gasteiger partial charge in [-0.1, -0.05) is 34.6 Å². The summed E-state index contributed by atoms with van der Waals surface area (Å²) in [6.45, 7) is 10.9. The van der Waals surface area contributed by atoms with E-state index in [2.05, 4.69) is 45.7 Å². The van der Waals surface area contributed by atoms with Crippen molar-refractivity contribution < 1.29 is 9.47 Å². The van der Waals surface area contributed by atoms with Crippen molar-refractivity contribution in [2.24, 2.45) is 5.73 Å². The van der Waals surface area contributed by atoms with Crippen molar-refractivity contribution in [1.29, 1.82) is 0 Å². The van der Waals surface area contributed by atoms with Crippen molar-refractivity contribution in [1.82, 2.24) is 9.97 Å². The Hall–Kier alpha value is -2.14. The van der Waals surface area contributed by atoms with E-state index in [9.17, 15) is 0 Å². The lowest BCUT2D eigenvalue weighted by atomic mass is 10.0. The second-order valence-corrected chi connectivity index (χ2v) is 7.00. The quantitative estimate of drug-likeness (QED) is 0.681. The van der Waals surface area contributed by atoms with Gasteiger partial charge in [0.1, 0.15) is 5.75 Å². The highest BCUT2D eigenvalue weighted by Gasteiger charge is 2.19. The molecular weight excluding hydrogens is 338 g/mol. The third-order valence-corrected chi connectivity index (χ3v) is 4.84. The topological polar surface area (TPSA) is 70.3 Å². The van der Waals surface area contributed by atoms with Gasteiger partial charge in [0.15, 0.2) is 0 Å². The highest BCUT2D eigenvalue weighted by atomic mass is 16.5. The number of nitrogens with zero attached hydrogens (tertiary/aromatic N) is 2. The number of methoxy groups -OCH3 is 1. The van der Waals surface area contributed by atoms with Crippen LogP contribution >= 0.6 is 0 Å². The Morgan fingerprint density at radius 1 is 1.07 bits per heavy atom. The van der Waals surface area contributed by atoms with E-state index < -0.39 is 0 Å². The highest BCUT2D eigenvalue weighted by molar-refractivity contribution is 5.69. The van der Waals surface area contributed by atoms with Crippen LogP contribution < -0.4 is 15.2 Å². The van der Waals surface area contributed by atoms with Crippen LogP contribution in [0.5, 0.6) is 11.6 Å². The van der Waals surface area contributed by atoms with Crippen LogP contribution in [0.3, 0.4) is 0 Å². The standard InChI is InChI=1S/C22H33N3O2/c1-7-15-12-20(27-16(8-2)9-3)19(13-23)24-21(15)17-10-11-18(14(4)5)25-22(17)26-6/h10-12,14,16H,7-9,13,23H2,1-6H3. The molecule has 0 aliphatic rings. The average Bonchev–Trinajstić information content (AvgIpc) is 2.70. The molecule has 0 spiro atoms. The zero-order valence-corrected chi connectivity index (χ0v) is 17.5. The van der Waals surface area contributed by atoms with Gasteiger partial charge in [-0.2, -0.15) is 0 Å². The lowest BCUT2D eigenvalue weighted by molar-refractivity contribution is 0.190. The van der Waals surface area contributed by atoms with Crippen LogP contribution in [0, 0.1) is 0 Å². The number of hydrogen-bond donors (Lipinski definition) is 1. The van der Waals surface area contributed by atoms with Crippen molar-refractivity contribution in [2.75, 3.05) is 7.11 Å². The summed E-state index contributed by atoms with van der Waals surface area (Å²) in [5, 5.41) is 0. The smallest absolute Gasteiger partial charge is 0.222 e. The zero-order chi connectivity index (χ0) is 20.0. The third kappa shape index (κ3) is 4.78. The first-order valence-corrected chi connectivity index (χ1v) is 9.93. The van der Waals surface area contributed by atoms with Crippen molar-refractivity contribution in [3.63, 3.8) is 0 Å². The van der Waals surface area contributed by atoms with Crippen molar-refractivity contribution in [2.45, 2.75) is 72.4 Å². The van der Waals surface area contributed by atoms with E-state index in [1.165, 1.54) is 0 Å². The van der Waals surface area contributed by atoms with Crippen LogP contribution in [0.4, 0.5) is 0 Å². The molecule has 0 aliphatic heterocycles. The molecule has 2 N–H and O–H groups in total. The molecular formula is C22H33N3O2. The molecule has 5 heteroatoms. The van der Waals surface area contributed by atoms with E-state index in [1.54, 1.807) is 7.11 Å². The second-order valence-electron chi connectivity index (χ2n) is 7.00. The molecule has 148 valence electrons. The molecule has 2 aromatic heterocycles. The monoisotopic (exact) mass is 371 g/mol. The Bertz CT molecular complexity index is 755. The predicted octanol–water partition coefficient (Wildman–Crippen LogP) is 4.86. The van der Waals surface area contributed by atoms with Crippen LogP contribution in [0.2, 0.25) is 0 Å². The minimum Gasteiger partial charge on any atom is -0.488 e. The molecule has 2 heterocycles. The maximum atomic E-state index is 6.19. The minimum absolute atomic E-state index is 0.175. The average molecular weight is 372 g/mol. The van der Waals surface area contributed by atoms with Crippen molar-refractivity contribution in [3.8, 4) is 22.9 Å². The van der Waals surface area contributed by atoms with Crippen LogP contribution in [0.25, 0.3) is 11.3 Å². The molecule has 27 heavy (non-hydrogen) atoms. The third-order valence-electron chi connectivity index (χ3n) is 4.84. The number of nitrogens with two attached hydrogens (primary N) is 1. The molecule has 0 saturated carbocycles. The lowest BCUT2D eigenvalue weighted by Crippen LogP contribution is -2.17. The van der Waals surface area contributed by atoms with Gasteiger partial charge in [-0.3, -0.25) is 0 Å². The maximum Gasteiger partial charge on any atom is 0.222 e. The predicted molar refractivity (Wildman–Crippen MR) is 110 cm³/mol. The normalized spacial score (nSPS) is 11.3. The number of aromatic nitrogens is 2. The van der Waals surface area contributed by atoms with E-state index in [-0.39, 0.29) is 6.10 Å². The van der Waals surface area contributed by atoms with Crippen molar-refractivity contribution in [3.05, 3.63) is 35.2 Å². The minimum atomic E-state index is 0.175. The molecule has 0 aliphatic carbocycles. The SMILES string of the molecule is CCc1cc(OC(CC)CC)c(CN)nc1-c1ccc(C(C)C)nc1OC. The van der Waals surface area contributed by atoms with Crippen molar-refractivity contribution >= 4 is 0 Å². The van der Waals surface area contributed by atoms with Gasteiger partial charge in [0.25, 0.3) is 0 Å². The molecule has 0 fully saturated rings. The molecule has 2 rings (SSSR count). The largest absolute Gasteiger partial charge is 0.488 e. The molecule has 2 aromatic rings. The van der Waals surface area contributed by atoms with Crippen LogP contribution in [0.15, 0.2) is 18.2 Å². The first kappa shape index (κ1) is 21.2. The van der Waals surface area contributed by atoms with Gasteiger partial charge in [-0.25, -0.2) is 9.97 Å². The summed E-state index contributed by atoms with van der Waals surface area (Å²) in [6.07, 6.45) is 2.92. The summed E-state index contributed by atoms with van der Waals surface area (Å²) in [5.74, 6) is 1.72. The zero-order valence-electron chi connectivity index (χ0n) is 17.5. The number of aryl methyl sites for hydroxylation is 1. The van der Waals surface area contributed by atoms with Gasteiger partial charge in [0.2, 0.25) is 5.88 Å². The van der Waals surface area contributed by atoms with E-state index >= 15 is 0 Å². The fourth-order valence-corrected chi connectivity index (χ4v) is 3.07. The van der Waals surface area contributed by atoms with E-state index in [4.69, 9.17) is 20.2 Å². The first-order chi connectivity index (χ1) is 13.0. The van der Waals surface area contributed by atoms with Crippen LogP contribution in [-0.2, 0) is 13.0 Å². The van der Waals surface area contributed by atoms with Gasteiger partial charge in [0, 0.05) is 12.2 Å². The Kier molecular flexibility index (Phi) is 7.60. The van der Waals surface area contributed by atoms with Gasteiger partial charge < -0.3 is 15.2 Å². The van der Waals surface area contributed by atoms with E-state index in [0.717, 1.165) is 53.2 Å². The van der Waals surface area contributed by atoms with E-state index in [0.29, 0.717) is 18.3 Å². The summed E-state index contributed by atoms with van der Waals surface area (Å²) in [7, 11) is 1.65. The number of hydrogen-bond acceptors (Lipinski definition) is 5. The summed E-state index contributed by atoms with van der Waals surface area (Å²) >= 11 is 0. The molecule has 0 unspecified atom stereocenters. The Balaban J connectivity index is 2.57. The van der Waals surface area contributed by atoms with E-state index in [1.807, 2.05) is 12.1 Å². The lowest BCUT2D eigenvalue weighted by Gasteiger charge is -2.20. The van der Waals surface area contributed by atoms with Gasteiger partial charge in [-0.05, 0) is 48.9 Å². The Morgan fingerprint density at radius 3 is 2.30 bits per heavy atom. The Labute approximate surface area is 163 Å². The second kappa shape index (κ2) is 9.70. The molecule has 0 bridgehead atoms. The highest BCUT2D eigenvalue weighted by Crippen LogP contribution is 2.34. The van der Waals surface area contributed by atoms with Gasteiger partial charge in [0.05, 0.1) is 30.2 Å². The summed E-state index contributed by atoms with van der Waals surface area (Å²) < 4.78 is 11.8. The number of rotatable bonds is 9. The fourth-order valence-electron chi connectivity index (χ4n) is 3.07. The molecule has 0 saturated heterocycles. The van der Waals surface area contributed by atoms with Gasteiger partial charge in [-0.15, -0.1) is 0 Å². The molecule has 0 atom stereocenters. The Morgan fingerprint density at radius 2 is 1.78 bits per heavy atom. The molecule has 0 amide bonds. The molecule has 5 nitrogen and oxygen atoms in total.